The van der Waals surface area contributed by atoms with Crippen molar-refractivity contribution in [1.29, 1.82) is 0 Å². The van der Waals surface area contributed by atoms with E-state index in [1.54, 1.807) is 18.2 Å². The highest BCUT2D eigenvalue weighted by molar-refractivity contribution is 9.12. The minimum atomic E-state index is -1.24. The second kappa shape index (κ2) is 8.88. The maximum absolute atomic E-state index is 12.8. The molecule has 4 aromatic rings. The van der Waals surface area contributed by atoms with E-state index < -0.39 is 24.0 Å². The molecule has 1 aliphatic rings. The molecule has 2 amide bonds. The molecule has 8 heteroatoms. The highest BCUT2D eigenvalue weighted by Crippen LogP contribution is 2.40. The molecule has 174 valence electrons. The smallest absolute Gasteiger partial charge is 0.416 e. The highest BCUT2D eigenvalue weighted by atomic mass is 79.9. The van der Waals surface area contributed by atoms with Gasteiger partial charge in [0.25, 0.3) is 11.8 Å². The number of rotatable bonds is 5. The molecule has 5 rings (SSSR count). The second-order valence-corrected chi connectivity index (χ2v) is 8.82. The lowest BCUT2D eigenvalue weighted by Crippen LogP contribution is -2.26. The first-order valence-electron chi connectivity index (χ1n) is 10.7. The Kier molecular flexibility index (Phi) is 5.74. The molecule has 2 heterocycles. The summed E-state index contributed by atoms with van der Waals surface area (Å²) in [4.78, 5) is 38.4. The zero-order chi connectivity index (χ0) is 24.7. The molecule has 0 unspecified atom stereocenters. The maximum Gasteiger partial charge on any atom is 0.416 e. The number of imide groups is 1. The van der Waals surface area contributed by atoms with Gasteiger partial charge in [-0.2, -0.15) is 0 Å². The molecule has 0 fully saturated rings. The maximum atomic E-state index is 12.8. The molecule has 0 radical (unpaired) electrons. The number of benzene rings is 3. The highest BCUT2D eigenvalue weighted by Gasteiger charge is 2.37. The van der Waals surface area contributed by atoms with Gasteiger partial charge in [-0.05, 0) is 33.1 Å². The second-order valence-electron chi connectivity index (χ2n) is 8.03. The molecule has 0 bridgehead atoms. The Morgan fingerprint density at radius 1 is 0.886 bits per heavy atom. The van der Waals surface area contributed by atoms with Gasteiger partial charge in [0.2, 0.25) is 0 Å². The minimum Gasteiger partial charge on any atom is -0.479 e. The lowest BCUT2D eigenvalue weighted by molar-refractivity contribution is -0.134. The molecule has 1 N–H and O–H groups in total. The number of hydrogen-bond donors (Lipinski definition) is 1. The number of fused-ring (bicyclic) bond motifs is 1. The first kappa shape index (κ1) is 22.6. The van der Waals surface area contributed by atoms with Gasteiger partial charge in [0.15, 0.2) is 0 Å². The van der Waals surface area contributed by atoms with E-state index in [0.717, 1.165) is 20.6 Å². The van der Waals surface area contributed by atoms with E-state index in [1.165, 1.54) is 13.2 Å². The summed E-state index contributed by atoms with van der Waals surface area (Å²) in [6.07, 6.45) is -0.397. The van der Waals surface area contributed by atoms with E-state index in [4.69, 9.17) is 4.74 Å². The first-order valence-corrected chi connectivity index (χ1v) is 11.5. The van der Waals surface area contributed by atoms with Crippen LogP contribution in [0.3, 0.4) is 0 Å². The average Bonchev–Trinajstić information content (AvgIpc) is 3.35. The molecule has 0 aliphatic carbocycles. The lowest BCUT2D eigenvalue weighted by atomic mass is 10.0. The van der Waals surface area contributed by atoms with Crippen LogP contribution in [0.4, 0.5) is 4.79 Å². The van der Waals surface area contributed by atoms with Crippen molar-refractivity contribution in [2.75, 3.05) is 7.05 Å². The summed E-state index contributed by atoms with van der Waals surface area (Å²) in [5.74, 6) is -0.665. The summed E-state index contributed by atoms with van der Waals surface area (Å²) in [6, 6.07) is 24.4. The van der Waals surface area contributed by atoms with Crippen LogP contribution in [0.2, 0.25) is 0 Å². The van der Waals surface area contributed by atoms with Crippen LogP contribution in [0, 0.1) is 0 Å². The lowest BCUT2D eigenvalue weighted by Gasteiger charge is -2.21. The van der Waals surface area contributed by atoms with Crippen LogP contribution in [0.25, 0.3) is 16.5 Å². The van der Waals surface area contributed by atoms with Crippen molar-refractivity contribution in [3.8, 4) is 5.75 Å². The van der Waals surface area contributed by atoms with Crippen molar-refractivity contribution in [2.45, 2.75) is 6.10 Å². The first-order chi connectivity index (χ1) is 16.9. The fourth-order valence-electron chi connectivity index (χ4n) is 4.25. The Labute approximate surface area is 209 Å². The van der Waals surface area contributed by atoms with Crippen LogP contribution in [0.1, 0.15) is 22.8 Å². The Hall–Kier alpha value is -4.17. The number of para-hydroxylation sites is 1. The fourth-order valence-corrected chi connectivity index (χ4v) is 4.90. The number of carbonyl (C=O) groups excluding carboxylic acids is 2. The van der Waals surface area contributed by atoms with Crippen molar-refractivity contribution >= 4 is 50.3 Å². The summed E-state index contributed by atoms with van der Waals surface area (Å²) in [7, 11) is 1.38. The number of nitrogens with zero attached hydrogens (tertiary/aromatic N) is 2. The Morgan fingerprint density at radius 3 is 2.00 bits per heavy atom. The van der Waals surface area contributed by atoms with Crippen molar-refractivity contribution in [1.82, 2.24) is 9.47 Å². The quantitative estimate of drug-likeness (QED) is 0.347. The number of carboxylic acid groups (broad SMARTS) is 1. The van der Waals surface area contributed by atoms with E-state index >= 15 is 0 Å². The van der Waals surface area contributed by atoms with Crippen LogP contribution >= 0.6 is 15.9 Å². The average molecular weight is 531 g/mol. The number of halogens is 1. The van der Waals surface area contributed by atoms with Crippen LogP contribution in [0.15, 0.2) is 89.5 Å². The number of likely N-dealkylation sites (N-methyl/N-ethyl adjacent to an activating group) is 1. The van der Waals surface area contributed by atoms with E-state index in [2.05, 4.69) is 15.9 Å². The Balaban J connectivity index is 1.70. The van der Waals surface area contributed by atoms with E-state index in [1.807, 2.05) is 60.7 Å². The van der Waals surface area contributed by atoms with Crippen LogP contribution in [-0.4, -0.2) is 39.5 Å². The summed E-state index contributed by atoms with van der Waals surface area (Å²) in [5.41, 5.74) is 2.52. The van der Waals surface area contributed by atoms with Gasteiger partial charge in [-0.15, -0.1) is 0 Å². The monoisotopic (exact) mass is 530 g/mol. The van der Waals surface area contributed by atoms with Crippen molar-refractivity contribution in [3.63, 3.8) is 0 Å². The number of hydrogen-bond acceptors (Lipinski definition) is 4. The van der Waals surface area contributed by atoms with Crippen LogP contribution in [0.5, 0.6) is 5.75 Å². The molecule has 7 nitrogen and oxygen atoms in total. The summed E-state index contributed by atoms with van der Waals surface area (Å²) < 4.78 is 7.60. The molecule has 35 heavy (non-hydrogen) atoms. The summed E-state index contributed by atoms with van der Waals surface area (Å²) in [6.45, 7) is 0. The summed E-state index contributed by atoms with van der Waals surface area (Å²) >= 11 is 3.22. The Bertz CT molecular complexity index is 1470. The molecule has 0 saturated carbocycles. The predicted octanol–water partition coefficient (Wildman–Crippen LogP) is 5.44. The zero-order valence-electron chi connectivity index (χ0n) is 18.5. The summed E-state index contributed by atoms with van der Waals surface area (Å²) in [5, 5.41) is 10.5. The molecule has 0 atom stereocenters. The van der Waals surface area contributed by atoms with Crippen molar-refractivity contribution < 1.29 is 24.2 Å². The van der Waals surface area contributed by atoms with Gasteiger partial charge in [0.1, 0.15) is 17.4 Å². The molecule has 1 aromatic heterocycles. The third-order valence-corrected chi connectivity index (χ3v) is 6.68. The molecule has 0 spiro atoms. The van der Waals surface area contributed by atoms with Crippen molar-refractivity contribution in [3.05, 3.63) is 106 Å². The van der Waals surface area contributed by atoms with Gasteiger partial charge in [-0.3, -0.25) is 14.5 Å². The van der Waals surface area contributed by atoms with Gasteiger partial charge in [0, 0.05) is 24.2 Å². The number of amides is 2. The standard InChI is InChI=1S/C27H19BrN2O5/c1-29-25(31)21(22(28)26(29)32)19-15-30(27(33)34)23-18(19)13-8-14-20(23)35-24(16-9-4-2-5-10-16)17-11-6-3-7-12-17/h2-15,24H,1H3,(H,33,34). The third kappa shape index (κ3) is 3.81. The molecular weight excluding hydrogens is 512 g/mol. The molecule has 0 saturated heterocycles. The zero-order valence-corrected chi connectivity index (χ0v) is 20.1. The van der Waals surface area contributed by atoms with E-state index in [0.29, 0.717) is 16.7 Å². The van der Waals surface area contributed by atoms with Crippen LogP contribution in [-0.2, 0) is 9.59 Å². The molecular formula is C27H19BrN2O5. The molecule has 3 aromatic carbocycles. The third-order valence-electron chi connectivity index (χ3n) is 5.94. The van der Waals surface area contributed by atoms with E-state index in [9.17, 15) is 19.5 Å². The van der Waals surface area contributed by atoms with Gasteiger partial charge < -0.3 is 9.84 Å². The largest absolute Gasteiger partial charge is 0.479 e. The fraction of sp³-hybridized carbons (Fsp3) is 0.0741. The minimum absolute atomic E-state index is 0.0900. The SMILES string of the molecule is CN1C(=O)C(Br)=C(c2cn(C(=O)O)c3c(OC(c4ccccc4)c4ccccc4)cccc23)C1=O. The predicted molar refractivity (Wildman–Crippen MR) is 134 cm³/mol. The number of aromatic nitrogens is 1. The normalized spacial score (nSPS) is 13.9. The van der Waals surface area contributed by atoms with Gasteiger partial charge in [-0.25, -0.2) is 9.36 Å². The number of carbonyl (C=O) groups is 3. The van der Waals surface area contributed by atoms with Gasteiger partial charge >= 0.3 is 6.09 Å². The van der Waals surface area contributed by atoms with Crippen molar-refractivity contribution in [2.24, 2.45) is 0 Å². The number of ether oxygens (including phenoxy) is 1. The van der Waals surface area contributed by atoms with Gasteiger partial charge in [-0.1, -0.05) is 72.8 Å². The Morgan fingerprint density at radius 2 is 1.49 bits per heavy atom. The molecule has 1 aliphatic heterocycles. The van der Waals surface area contributed by atoms with Crippen LogP contribution < -0.4 is 4.74 Å². The van der Waals surface area contributed by atoms with Gasteiger partial charge in [0.05, 0.1) is 10.1 Å². The topological polar surface area (TPSA) is 88.8 Å². The van der Waals surface area contributed by atoms with E-state index in [-0.39, 0.29) is 15.6 Å².